The number of rotatable bonds is 12. The molecule has 0 spiro atoms. The van der Waals surface area contributed by atoms with Crippen LogP contribution in [0.2, 0.25) is 0 Å². The number of imidazole rings is 2. The van der Waals surface area contributed by atoms with E-state index in [9.17, 15) is 13.9 Å². The van der Waals surface area contributed by atoms with Gasteiger partial charge in [0.05, 0.1) is 29.9 Å². The van der Waals surface area contributed by atoms with Crippen LogP contribution in [0.4, 0.5) is 20.8 Å². The highest BCUT2D eigenvalue weighted by Gasteiger charge is 2.29. The maximum absolute atomic E-state index is 14.2. The van der Waals surface area contributed by atoms with E-state index >= 15 is 0 Å². The molecule has 2 saturated heterocycles. The summed E-state index contributed by atoms with van der Waals surface area (Å²) in [5.41, 5.74) is 2.92. The van der Waals surface area contributed by atoms with E-state index in [-0.39, 0.29) is 29.8 Å². The van der Waals surface area contributed by atoms with Crippen molar-refractivity contribution in [2.75, 3.05) is 48.5 Å². The third-order valence-electron chi connectivity index (χ3n) is 12.1. The Kier molecular flexibility index (Phi) is 16.6. The first kappa shape index (κ1) is 50.7. The molecular formula is C46H55BrF2N12O4S4. The minimum absolute atomic E-state index is 0.0274. The number of thioether (sulfide) groups is 2. The SMILES string of the molecule is CC(C)c1noc(N2CCC([C@H](C)O)CC2)n1.CSc1ccc(-c2cn3nc(Br)sc3n2)cc1F.CSc1ccc(-c2cn3nc(O[C@H](C)C4CCN(c5nc(C(C)C)no5)CC4)sc3n2)cc1F. The van der Waals surface area contributed by atoms with Crippen molar-refractivity contribution in [1.29, 1.82) is 0 Å². The minimum Gasteiger partial charge on any atom is -0.466 e. The molecule has 23 heteroatoms. The van der Waals surface area contributed by atoms with Gasteiger partial charge in [0.1, 0.15) is 17.7 Å². The molecule has 0 amide bonds. The molecule has 8 aromatic rings. The van der Waals surface area contributed by atoms with Gasteiger partial charge in [-0.05, 0) is 115 Å². The molecule has 2 fully saturated rings. The Labute approximate surface area is 423 Å². The third-order valence-corrected chi connectivity index (χ3v) is 15.8. The number of hydrogen-bond donors (Lipinski definition) is 1. The van der Waals surface area contributed by atoms with Crippen molar-refractivity contribution >= 4 is 84.1 Å². The van der Waals surface area contributed by atoms with Crippen LogP contribution in [0.3, 0.4) is 0 Å². The number of halogens is 3. The highest BCUT2D eigenvalue weighted by Crippen LogP contribution is 2.33. The van der Waals surface area contributed by atoms with Crippen molar-refractivity contribution in [3.8, 4) is 27.7 Å². The molecule has 69 heavy (non-hydrogen) atoms. The highest BCUT2D eigenvalue weighted by atomic mass is 79.9. The number of ether oxygens (including phenoxy) is 1. The summed E-state index contributed by atoms with van der Waals surface area (Å²) in [6.45, 7) is 15.6. The van der Waals surface area contributed by atoms with Crippen LogP contribution in [0.5, 0.6) is 5.19 Å². The van der Waals surface area contributed by atoms with E-state index in [4.69, 9.17) is 13.8 Å². The van der Waals surface area contributed by atoms with Crippen molar-refractivity contribution in [2.24, 2.45) is 11.8 Å². The quantitative estimate of drug-likeness (QED) is 0.114. The zero-order chi connectivity index (χ0) is 48.9. The molecular weight excluding hydrogens is 1030 g/mol. The molecule has 1 N–H and O–H groups in total. The molecule has 0 bridgehead atoms. The topological polar surface area (TPSA) is 174 Å². The van der Waals surface area contributed by atoms with E-state index in [0.29, 0.717) is 50.5 Å². The molecule has 2 aliphatic heterocycles. The van der Waals surface area contributed by atoms with E-state index in [0.717, 1.165) is 94.2 Å². The van der Waals surface area contributed by atoms with Crippen LogP contribution in [0.1, 0.15) is 90.7 Å². The van der Waals surface area contributed by atoms with Crippen LogP contribution in [-0.4, -0.2) is 105 Å². The molecule has 0 unspecified atom stereocenters. The van der Waals surface area contributed by atoms with Crippen molar-refractivity contribution in [3.05, 3.63) is 76.0 Å². The van der Waals surface area contributed by atoms with Gasteiger partial charge in [-0.15, -0.1) is 33.7 Å². The molecule has 0 radical (unpaired) electrons. The predicted octanol–water partition coefficient (Wildman–Crippen LogP) is 11.4. The Bertz CT molecular complexity index is 2870. The van der Waals surface area contributed by atoms with Crippen molar-refractivity contribution < 1.29 is 27.7 Å². The number of aliphatic hydroxyl groups is 1. The summed E-state index contributed by atoms with van der Waals surface area (Å²) in [7, 11) is 0. The zero-order valence-electron chi connectivity index (χ0n) is 39.5. The Morgan fingerprint density at radius 2 is 1.14 bits per heavy atom. The van der Waals surface area contributed by atoms with Gasteiger partial charge in [-0.2, -0.15) is 9.97 Å². The van der Waals surface area contributed by atoms with Gasteiger partial charge >= 0.3 is 12.0 Å². The summed E-state index contributed by atoms with van der Waals surface area (Å²) in [4.78, 5) is 24.9. The average Bonchev–Trinajstić information content (AvgIpc) is 4.20. The third kappa shape index (κ3) is 12.3. The largest absolute Gasteiger partial charge is 0.466 e. The predicted molar refractivity (Wildman–Crippen MR) is 272 cm³/mol. The highest BCUT2D eigenvalue weighted by molar-refractivity contribution is 9.11. The van der Waals surface area contributed by atoms with Gasteiger partial charge in [0.25, 0.3) is 5.19 Å². The normalized spacial score (nSPS) is 15.7. The number of piperidine rings is 2. The summed E-state index contributed by atoms with van der Waals surface area (Å²) in [6, 6.07) is 11.6. The minimum atomic E-state index is -0.238. The lowest BCUT2D eigenvalue weighted by molar-refractivity contribution is 0.109. The molecule has 2 atom stereocenters. The number of anilines is 2. The molecule has 8 heterocycles. The van der Waals surface area contributed by atoms with Gasteiger partial charge in [0, 0.05) is 58.9 Å². The maximum Gasteiger partial charge on any atom is 0.324 e. The molecule has 368 valence electrons. The van der Waals surface area contributed by atoms with Gasteiger partial charge in [-0.25, -0.2) is 27.8 Å². The van der Waals surface area contributed by atoms with E-state index in [1.165, 1.54) is 58.3 Å². The summed E-state index contributed by atoms with van der Waals surface area (Å²) in [6.07, 6.45) is 11.0. The van der Waals surface area contributed by atoms with Crippen LogP contribution in [0.25, 0.3) is 32.4 Å². The van der Waals surface area contributed by atoms with E-state index < -0.39 is 0 Å². The second-order valence-corrected chi connectivity index (χ2v) is 22.4. The monoisotopic (exact) mass is 1080 g/mol. The Morgan fingerprint density at radius 1 is 0.681 bits per heavy atom. The number of hydrogen-bond acceptors (Lipinski definition) is 18. The van der Waals surface area contributed by atoms with Crippen molar-refractivity contribution in [1.82, 2.24) is 49.5 Å². The fourth-order valence-electron chi connectivity index (χ4n) is 7.90. The van der Waals surface area contributed by atoms with E-state index in [1.54, 1.807) is 27.4 Å². The van der Waals surface area contributed by atoms with Gasteiger partial charge < -0.3 is 28.7 Å². The van der Waals surface area contributed by atoms with Crippen LogP contribution >= 0.6 is 62.1 Å². The number of fused-ring (bicyclic) bond motifs is 2. The fourth-order valence-corrected chi connectivity index (χ4v) is 10.8. The first-order chi connectivity index (χ1) is 33.2. The Morgan fingerprint density at radius 3 is 1.55 bits per heavy atom. The lowest BCUT2D eigenvalue weighted by atomic mass is 9.92. The Balaban J connectivity index is 0.000000154. The van der Waals surface area contributed by atoms with Gasteiger partial charge in [0.2, 0.25) is 9.92 Å². The molecule has 10 rings (SSSR count). The summed E-state index contributed by atoms with van der Waals surface area (Å²) >= 11 is 8.91. The standard InChI is InChI=1S/C23H27FN6O2S2.C12H21N3O2.C11H7BrFN3S2/c1-13(2)20-26-21(32-28-20)29-9-7-15(8-10-29)14(3)31-23-27-30-12-18(25-22(30)34-23)16-5-6-19(33-4)17(24)11-16;1-8(2)11-13-12(17-14-11)15-6-4-10(5-7-15)9(3)16;1-17-9-3-2-6(4-7(9)13)8-5-16-11(14-8)18-10(12)15-16/h5-6,11-15H,7-10H2,1-4H3;8-10,16H,4-7H2,1-3H3;2-5H,1H3/t14-;9-;/m10./s1. The molecule has 0 saturated carbocycles. The first-order valence-electron chi connectivity index (χ1n) is 22.7. The Hall–Kier alpha value is -4.68. The molecule has 2 aromatic carbocycles. The van der Waals surface area contributed by atoms with E-state index in [1.807, 2.05) is 51.6 Å². The summed E-state index contributed by atoms with van der Waals surface area (Å²) in [5.74, 6) is 2.41. The maximum atomic E-state index is 14.2. The first-order valence-corrected chi connectivity index (χ1v) is 27.6. The van der Waals surface area contributed by atoms with Crippen molar-refractivity contribution in [2.45, 2.75) is 101 Å². The molecule has 16 nitrogen and oxygen atoms in total. The van der Waals surface area contributed by atoms with Crippen LogP contribution in [-0.2, 0) is 0 Å². The van der Waals surface area contributed by atoms with Crippen molar-refractivity contribution in [3.63, 3.8) is 0 Å². The van der Waals surface area contributed by atoms with Crippen LogP contribution in [0.15, 0.2) is 71.5 Å². The number of benzene rings is 2. The summed E-state index contributed by atoms with van der Waals surface area (Å²) < 4.78 is 48.9. The second-order valence-electron chi connectivity index (χ2n) is 17.5. The number of aliphatic hydroxyl groups excluding tert-OH is 1. The van der Waals surface area contributed by atoms with Crippen LogP contribution in [0, 0.1) is 23.5 Å². The van der Waals surface area contributed by atoms with E-state index in [2.05, 4.69) is 86.9 Å². The van der Waals surface area contributed by atoms with Gasteiger partial charge in [-0.3, -0.25) is 0 Å². The zero-order valence-corrected chi connectivity index (χ0v) is 44.4. The number of aromatic nitrogens is 10. The number of nitrogens with zero attached hydrogens (tertiary/aromatic N) is 12. The molecule has 6 aromatic heterocycles. The van der Waals surface area contributed by atoms with Gasteiger partial charge in [-0.1, -0.05) is 61.5 Å². The second kappa shape index (κ2) is 22.6. The smallest absolute Gasteiger partial charge is 0.324 e. The summed E-state index contributed by atoms with van der Waals surface area (Å²) in [5, 5.41) is 26.9. The average molecular weight is 1090 g/mol. The molecule has 0 aliphatic carbocycles. The lowest BCUT2D eigenvalue weighted by Crippen LogP contribution is -2.38. The fraction of sp³-hybridized carbons (Fsp3) is 0.478. The lowest BCUT2D eigenvalue weighted by Gasteiger charge is -2.33. The molecule has 2 aliphatic rings. The van der Waals surface area contributed by atoms with Gasteiger partial charge in [0.15, 0.2) is 15.6 Å². The van der Waals surface area contributed by atoms with Crippen LogP contribution < -0.4 is 14.5 Å².